The number of alkyl halides is 2. The van der Waals surface area contributed by atoms with Gasteiger partial charge in [-0.3, -0.25) is 9.32 Å². The maximum Gasteiger partial charge on any atom is 0.380 e. The minimum atomic E-state index is -4.02. The second kappa shape index (κ2) is 12.2. The van der Waals surface area contributed by atoms with Gasteiger partial charge in [-0.1, -0.05) is 48.3 Å². The molecule has 0 aliphatic carbocycles. The molecule has 0 bridgehead atoms. The quantitative estimate of drug-likeness (QED) is 0.195. The van der Waals surface area contributed by atoms with Crippen molar-refractivity contribution in [3.63, 3.8) is 0 Å². The molecule has 0 radical (unpaired) electrons. The third-order valence-electron chi connectivity index (χ3n) is 6.84. The molecular formula is C26H32Cl2N5O7P. The lowest BCUT2D eigenvalue weighted by Crippen LogP contribution is -2.37. The number of nitrogens with zero attached hydrogens (tertiary/aromatic N) is 3. The largest absolute Gasteiger partial charge is 0.424 e. The van der Waals surface area contributed by atoms with Crippen molar-refractivity contribution in [3.8, 4) is 5.75 Å². The van der Waals surface area contributed by atoms with Gasteiger partial charge < -0.3 is 30.6 Å². The molecule has 2 aromatic heterocycles. The highest BCUT2D eigenvalue weighted by Gasteiger charge is 2.56. The molecule has 0 amide bonds. The highest BCUT2D eigenvalue weighted by Crippen LogP contribution is 2.54. The Hall–Kier alpha value is -2.73. The summed E-state index contributed by atoms with van der Waals surface area (Å²) >= 11 is 13.2. The van der Waals surface area contributed by atoms with Crippen LogP contribution in [0.15, 0.2) is 36.4 Å². The zero-order chi connectivity index (χ0) is 30.1. The Balaban J connectivity index is 1.58. The van der Waals surface area contributed by atoms with E-state index in [1.807, 2.05) is 0 Å². The van der Waals surface area contributed by atoms with Crippen LogP contribution in [0.3, 0.4) is 0 Å². The molecule has 3 aromatic rings. The van der Waals surface area contributed by atoms with E-state index in [9.17, 15) is 19.3 Å². The molecule has 1 aromatic carbocycles. The normalized spacial score (nSPS) is 22.3. The van der Waals surface area contributed by atoms with Gasteiger partial charge in [-0.2, -0.15) is 4.98 Å². The molecule has 1 saturated heterocycles. The van der Waals surface area contributed by atoms with Crippen molar-refractivity contribution >= 4 is 59.6 Å². The smallest absolute Gasteiger partial charge is 0.380 e. The number of carbonyl (C=O) groups excluding carboxylic acids is 2. The number of aliphatic hydroxyl groups excluding tert-OH is 1. The van der Waals surface area contributed by atoms with Crippen LogP contribution < -0.4 is 16.0 Å². The average molecular weight is 628 g/mol. The Morgan fingerprint density at radius 1 is 1.22 bits per heavy atom. The number of aromatic nitrogens is 3. The van der Waals surface area contributed by atoms with Crippen LogP contribution in [0.25, 0.3) is 5.52 Å². The third-order valence-corrected chi connectivity index (χ3v) is 9.70. The van der Waals surface area contributed by atoms with Crippen molar-refractivity contribution in [3.05, 3.63) is 47.7 Å². The Morgan fingerprint density at radius 2 is 1.93 bits per heavy atom. The van der Waals surface area contributed by atoms with E-state index in [0.717, 1.165) is 0 Å². The number of hydrogen-bond donors (Lipinski definition) is 3. The van der Waals surface area contributed by atoms with Gasteiger partial charge in [0.05, 0.1) is 18.5 Å². The molecule has 1 fully saturated rings. The Labute approximate surface area is 246 Å². The first-order valence-electron chi connectivity index (χ1n) is 12.8. The van der Waals surface area contributed by atoms with Crippen LogP contribution in [0.5, 0.6) is 5.75 Å². The lowest BCUT2D eigenvalue weighted by Gasteiger charge is -2.25. The molecule has 41 heavy (non-hydrogen) atoms. The Bertz CT molecular complexity index is 1500. The van der Waals surface area contributed by atoms with Crippen molar-refractivity contribution in [2.45, 2.75) is 56.3 Å². The van der Waals surface area contributed by atoms with Gasteiger partial charge in [-0.25, -0.2) is 9.08 Å². The summed E-state index contributed by atoms with van der Waals surface area (Å²) in [7, 11) is -4.02. The summed E-state index contributed by atoms with van der Waals surface area (Å²) in [5.74, 6) is -0.585. The highest BCUT2D eigenvalue weighted by molar-refractivity contribution is 7.54. The van der Waals surface area contributed by atoms with Crippen LogP contribution in [-0.2, 0) is 29.8 Å². The van der Waals surface area contributed by atoms with Gasteiger partial charge in [0, 0.05) is 12.3 Å². The van der Waals surface area contributed by atoms with Gasteiger partial charge in [0.25, 0.3) is 0 Å². The fourth-order valence-corrected chi connectivity index (χ4v) is 7.04. The molecule has 4 rings (SSSR count). The summed E-state index contributed by atoms with van der Waals surface area (Å²) in [6.45, 7) is 4.04. The highest BCUT2D eigenvalue weighted by atomic mass is 35.5. The van der Waals surface area contributed by atoms with E-state index >= 15 is 0 Å². The first-order chi connectivity index (χ1) is 19.2. The van der Waals surface area contributed by atoms with Crippen molar-refractivity contribution in [2.75, 3.05) is 24.2 Å². The van der Waals surface area contributed by atoms with Crippen molar-refractivity contribution < 1.29 is 33.0 Å². The molecule has 5 atom stereocenters. The van der Waals surface area contributed by atoms with Gasteiger partial charge in [-0.05, 0) is 44.0 Å². The number of carbonyl (C=O) groups is 2. The van der Waals surface area contributed by atoms with E-state index in [4.69, 9.17) is 48.5 Å². The number of hydrogen-bond acceptors (Lipinski definition) is 11. The lowest BCUT2D eigenvalue weighted by atomic mass is 10.1. The number of anilines is 2. The zero-order valence-electron chi connectivity index (χ0n) is 22.7. The van der Waals surface area contributed by atoms with E-state index < -0.39 is 42.8 Å². The van der Waals surface area contributed by atoms with Crippen LogP contribution in [0, 0.1) is 5.92 Å². The summed E-state index contributed by atoms with van der Waals surface area (Å²) in [5, 5.41) is 15.2. The lowest BCUT2D eigenvalue weighted by molar-refractivity contribution is -0.120. The second-order valence-electron chi connectivity index (χ2n) is 10.1. The first kappa shape index (κ1) is 31.2. The number of fused-ring (bicyclic) bond motifs is 1. The molecule has 3 heterocycles. The van der Waals surface area contributed by atoms with E-state index in [2.05, 4.69) is 10.1 Å². The van der Waals surface area contributed by atoms with Gasteiger partial charge in [-0.15, -0.1) is 5.10 Å². The number of aryl methyl sites for hydroxylation is 1. The maximum absolute atomic E-state index is 14.1. The summed E-state index contributed by atoms with van der Waals surface area (Å²) in [6, 6.07) is 10.1. The number of nitrogens with two attached hydrogens (primary N) is 2. The minimum absolute atomic E-state index is 0.00964. The summed E-state index contributed by atoms with van der Waals surface area (Å²) in [5.41, 5.74) is 13.1. The number of halogens is 2. The maximum atomic E-state index is 14.1. The molecular weight excluding hydrogens is 596 g/mol. The fourth-order valence-electron chi connectivity index (χ4n) is 4.42. The summed E-state index contributed by atoms with van der Waals surface area (Å²) in [6.07, 6.45) is -3.35. The van der Waals surface area contributed by atoms with Crippen molar-refractivity contribution in [1.82, 2.24) is 14.6 Å². The number of para-hydroxylation sites is 1. The minimum Gasteiger partial charge on any atom is -0.424 e. The van der Waals surface area contributed by atoms with E-state index in [1.54, 1.807) is 43.3 Å². The number of benzene rings is 1. The van der Waals surface area contributed by atoms with E-state index in [1.165, 1.54) is 18.4 Å². The van der Waals surface area contributed by atoms with Crippen molar-refractivity contribution in [1.29, 1.82) is 0 Å². The number of ketones is 2. The average Bonchev–Trinajstić information content (AvgIpc) is 3.40. The van der Waals surface area contributed by atoms with Gasteiger partial charge in [0.1, 0.15) is 41.1 Å². The van der Waals surface area contributed by atoms with E-state index in [-0.39, 0.29) is 41.7 Å². The van der Waals surface area contributed by atoms with Crippen LogP contribution >= 0.6 is 30.8 Å². The van der Waals surface area contributed by atoms with Crippen molar-refractivity contribution in [2.24, 2.45) is 5.92 Å². The predicted octanol–water partition coefficient (Wildman–Crippen LogP) is 3.90. The standard InChI is InChI=1S/C26H32Cl2N5O7P/c1-14(16(3)35)13-41(37,40-20-7-5-4-6-17(20)9-8-15(2)34)38-12-21-22(36)26(27,28)23(39-21)18-10-11-19-24(29)31-25(30)32-33(18)19/h4-7,10-11,14,21-23,36H,8-9,12-13H2,1-3H3,(H4,29,30,31,32)/t14-,21-,22+,23+,41?/m1/s1. The number of rotatable bonds is 12. The number of Topliss-reactive ketones (excluding diaryl/α,β-unsaturated/α-hetero) is 2. The molecule has 0 saturated carbocycles. The summed E-state index contributed by atoms with van der Waals surface area (Å²) in [4.78, 5) is 27.5. The topological polar surface area (TPSA) is 181 Å². The molecule has 5 N–H and O–H groups in total. The molecule has 1 aliphatic rings. The van der Waals surface area contributed by atoms with Crippen LogP contribution in [0.1, 0.15) is 44.6 Å². The van der Waals surface area contributed by atoms with E-state index in [0.29, 0.717) is 23.2 Å². The molecule has 1 unspecified atom stereocenters. The summed E-state index contributed by atoms with van der Waals surface area (Å²) < 4.78 is 31.3. The van der Waals surface area contributed by atoms with Gasteiger partial charge in [0.15, 0.2) is 10.2 Å². The number of aliphatic hydroxyl groups is 1. The molecule has 12 nitrogen and oxygen atoms in total. The molecule has 1 aliphatic heterocycles. The van der Waals surface area contributed by atoms with Gasteiger partial charge >= 0.3 is 7.60 Å². The first-order valence-corrected chi connectivity index (χ1v) is 15.3. The zero-order valence-corrected chi connectivity index (χ0v) is 25.1. The van der Waals surface area contributed by atoms with Crippen LogP contribution in [0.4, 0.5) is 11.8 Å². The number of nitrogen functional groups attached to an aromatic ring is 2. The SMILES string of the molecule is CC(=O)CCc1ccccc1OP(=O)(C[C@@H](C)C(C)=O)OC[C@H]1O[C@@H](c2ccc3c(N)nc(N)nn23)C(Cl)(Cl)[C@H]1O. The second-order valence-corrected chi connectivity index (χ2v) is 13.6. The molecule has 0 spiro atoms. The Morgan fingerprint density at radius 3 is 2.61 bits per heavy atom. The number of ether oxygens (including phenoxy) is 1. The predicted molar refractivity (Wildman–Crippen MR) is 154 cm³/mol. The molecule has 222 valence electrons. The monoisotopic (exact) mass is 627 g/mol. The van der Waals surface area contributed by atoms with Gasteiger partial charge in [0.2, 0.25) is 5.95 Å². The Kier molecular flexibility index (Phi) is 9.32. The third kappa shape index (κ3) is 6.85. The van der Waals surface area contributed by atoms with Crippen LogP contribution in [-0.4, -0.2) is 60.6 Å². The molecule has 15 heteroatoms. The fraction of sp³-hybridized carbons (Fsp3) is 0.462. The van der Waals surface area contributed by atoms with Crippen LogP contribution in [0.2, 0.25) is 0 Å².